The van der Waals surface area contributed by atoms with Crippen molar-refractivity contribution in [2.24, 2.45) is 0 Å². The zero-order chi connectivity index (χ0) is 17.1. The topological polar surface area (TPSA) is 52.6 Å². The van der Waals surface area contributed by atoms with Crippen LogP contribution in [0.5, 0.6) is 0 Å². The molecule has 2 N–H and O–H groups in total. The maximum Gasteiger partial charge on any atom is 0.257 e. The SMILES string of the molecule is Br.CNCCN1C(=O)[C@@H](O)[C@@H](c2ccc(C)cc2)Sc2ccccc21. The largest absolute Gasteiger partial charge is 0.382 e. The molecule has 1 aliphatic rings. The zero-order valence-electron chi connectivity index (χ0n) is 14.3. The Balaban J connectivity index is 0.00000225. The second-order valence-corrected chi connectivity index (χ2v) is 7.14. The summed E-state index contributed by atoms with van der Waals surface area (Å²) in [6.07, 6.45) is -1.07. The molecule has 0 saturated carbocycles. The summed E-state index contributed by atoms with van der Waals surface area (Å²) in [5, 5.41) is 13.5. The Morgan fingerprint density at radius 1 is 1.16 bits per heavy atom. The fraction of sp³-hybridized carbons (Fsp3) is 0.316. The summed E-state index contributed by atoms with van der Waals surface area (Å²) >= 11 is 1.55. The first-order valence-corrected chi connectivity index (χ1v) is 8.96. The number of thioether (sulfide) groups is 1. The Kier molecular flexibility index (Phi) is 7.07. The van der Waals surface area contributed by atoms with E-state index in [1.165, 1.54) is 0 Å². The molecule has 0 unspecified atom stereocenters. The normalized spacial score (nSPS) is 19.8. The Hall–Kier alpha value is -1.34. The number of nitrogens with one attached hydrogen (secondary N) is 1. The lowest BCUT2D eigenvalue weighted by Gasteiger charge is -2.25. The average Bonchev–Trinajstić information content (AvgIpc) is 2.70. The van der Waals surface area contributed by atoms with Crippen LogP contribution in [0.15, 0.2) is 53.4 Å². The highest BCUT2D eigenvalue weighted by Gasteiger charge is 2.36. The summed E-state index contributed by atoms with van der Waals surface area (Å²) in [5.41, 5.74) is 3.00. The van der Waals surface area contributed by atoms with Crippen LogP contribution < -0.4 is 10.2 Å². The third-order valence-corrected chi connectivity index (χ3v) is 5.59. The van der Waals surface area contributed by atoms with Crippen molar-refractivity contribution in [1.29, 1.82) is 0 Å². The van der Waals surface area contributed by atoms with Crippen LogP contribution in [0.3, 0.4) is 0 Å². The third-order valence-electron chi connectivity index (χ3n) is 4.21. The molecule has 0 fully saturated rings. The number of benzene rings is 2. The Labute approximate surface area is 163 Å². The van der Waals surface area contributed by atoms with Gasteiger partial charge in [0.2, 0.25) is 0 Å². The molecule has 2 aromatic rings. The molecule has 4 nitrogen and oxygen atoms in total. The number of halogens is 1. The second-order valence-electron chi connectivity index (χ2n) is 5.96. The number of hydrogen-bond donors (Lipinski definition) is 2. The molecule has 1 amide bonds. The van der Waals surface area contributed by atoms with Crippen molar-refractivity contribution >= 4 is 40.3 Å². The molecule has 0 spiro atoms. The van der Waals surface area contributed by atoms with Gasteiger partial charge in [0.1, 0.15) is 6.10 Å². The number of fused-ring (bicyclic) bond motifs is 1. The van der Waals surface area contributed by atoms with E-state index < -0.39 is 6.10 Å². The number of para-hydroxylation sites is 1. The van der Waals surface area contributed by atoms with Crippen LogP contribution in [-0.4, -0.2) is 37.3 Å². The first-order valence-electron chi connectivity index (χ1n) is 8.08. The molecule has 0 saturated heterocycles. The molecule has 134 valence electrons. The van der Waals surface area contributed by atoms with Gasteiger partial charge >= 0.3 is 0 Å². The van der Waals surface area contributed by atoms with E-state index in [0.29, 0.717) is 13.1 Å². The molecule has 1 heterocycles. The third kappa shape index (κ3) is 4.26. The molecule has 0 radical (unpaired) electrons. The number of rotatable bonds is 4. The standard InChI is InChI=1S/C19H22N2O2S.BrH/c1-13-7-9-14(10-8-13)18-17(22)19(23)21(12-11-20-2)15-5-3-4-6-16(15)24-18;/h3-10,17-18,20,22H,11-12H2,1-2H3;1H/t17-,18+;/m0./s1. The number of aryl methyl sites for hydroxylation is 1. The van der Waals surface area contributed by atoms with E-state index in [1.54, 1.807) is 16.7 Å². The minimum absolute atomic E-state index is 0. The van der Waals surface area contributed by atoms with Gasteiger partial charge in [-0.15, -0.1) is 28.7 Å². The number of anilines is 1. The number of aliphatic hydroxyl groups is 1. The smallest absolute Gasteiger partial charge is 0.257 e. The van der Waals surface area contributed by atoms with Gasteiger partial charge in [-0.3, -0.25) is 4.79 Å². The van der Waals surface area contributed by atoms with E-state index in [1.807, 2.05) is 62.5 Å². The van der Waals surface area contributed by atoms with Gasteiger partial charge in [0, 0.05) is 18.0 Å². The van der Waals surface area contributed by atoms with Gasteiger partial charge in [0.15, 0.2) is 0 Å². The van der Waals surface area contributed by atoms with Gasteiger partial charge in [0.05, 0.1) is 10.9 Å². The van der Waals surface area contributed by atoms with Crippen molar-refractivity contribution in [1.82, 2.24) is 5.32 Å². The lowest BCUT2D eigenvalue weighted by atomic mass is 10.0. The van der Waals surface area contributed by atoms with Crippen LogP contribution in [0.4, 0.5) is 5.69 Å². The number of amides is 1. The fourth-order valence-corrected chi connectivity index (χ4v) is 4.12. The molecule has 25 heavy (non-hydrogen) atoms. The van der Waals surface area contributed by atoms with Crippen LogP contribution in [0.1, 0.15) is 16.4 Å². The van der Waals surface area contributed by atoms with E-state index in [9.17, 15) is 9.90 Å². The van der Waals surface area contributed by atoms with E-state index in [4.69, 9.17) is 0 Å². The molecule has 1 aliphatic heterocycles. The maximum absolute atomic E-state index is 12.9. The van der Waals surface area contributed by atoms with E-state index >= 15 is 0 Å². The van der Waals surface area contributed by atoms with Crippen molar-refractivity contribution < 1.29 is 9.90 Å². The molecule has 2 atom stereocenters. The predicted molar refractivity (Wildman–Crippen MR) is 109 cm³/mol. The molecule has 3 rings (SSSR count). The van der Waals surface area contributed by atoms with Crippen molar-refractivity contribution in [2.75, 3.05) is 25.0 Å². The highest BCUT2D eigenvalue weighted by atomic mass is 79.9. The molecule has 0 aliphatic carbocycles. The summed E-state index contributed by atoms with van der Waals surface area (Å²) in [7, 11) is 1.86. The first-order chi connectivity index (χ1) is 11.6. The lowest BCUT2D eigenvalue weighted by Crippen LogP contribution is -2.43. The van der Waals surface area contributed by atoms with Crippen LogP contribution >= 0.6 is 28.7 Å². The molecule has 6 heteroatoms. The van der Waals surface area contributed by atoms with E-state index in [0.717, 1.165) is 21.7 Å². The fourth-order valence-electron chi connectivity index (χ4n) is 2.85. The number of likely N-dealkylation sites (N-methyl/N-ethyl adjacent to an activating group) is 1. The monoisotopic (exact) mass is 422 g/mol. The summed E-state index contributed by atoms with van der Waals surface area (Å²) in [4.78, 5) is 15.6. The molecular weight excluding hydrogens is 400 g/mol. The quantitative estimate of drug-likeness (QED) is 0.792. The van der Waals surface area contributed by atoms with E-state index in [2.05, 4.69) is 5.32 Å². The minimum atomic E-state index is -1.07. The highest BCUT2D eigenvalue weighted by Crippen LogP contribution is 2.45. The van der Waals surface area contributed by atoms with Crippen LogP contribution in [0, 0.1) is 6.92 Å². The van der Waals surface area contributed by atoms with Gasteiger partial charge in [-0.1, -0.05) is 42.0 Å². The number of nitrogens with zero attached hydrogens (tertiary/aromatic N) is 1. The van der Waals surface area contributed by atoms with Crippen LogP contribution in [-0.2, 0) is 4.79 Å². The zero-order valence-corrected chi connectivity index (χ0v) is 16.8. The summed E-state index contributed by atoms with van der Waals surface area (Å²) in [5.74, 6) is -0.242. The summed E-state index contributed by atoms with van der Waals surface area (Å²) in [6.45, 7) is 3.23. The van der Waals surface area contributed by atoms with Crippen LogP contribution in [0.2, 0.25) is 0 Å². The maximum atomic E-state index is 12.9. The number of carbonyl (C=O) groups is 1. The average molecular weight is 423 g/mol. The van der Waals surface area contributed by atoms with Crippen molar-refractivity contribution in [2.45, 2.75) is 23.2 Å². The van der Waals surface area contributed by atoms with Crippen molar-refractivity contribution in [3.63, 3.8) is 0 Å². The highest BCUT2D eigenvalue weighted by molar-refractivity contribution is 8.93. The number of aliphatic hydroxyl groups excluding tert-OH is 1. The molecular formula is C19H23BrN2O2S. The molecule has 2 aromatic carbocycles. The molecule has 0 aromatic heterocycles. The van der Waals surface area contributed by atoms with Crippen molar-refractivity contribution in [3.8, 4) is 0 Å². The van der Waals surface area contributed by atoms with Gasteiger partial charge in [0.25, 0.3) is 5.91 Å². The van der Waals surface area contributed by atoms with Gasteiger partial charge in [-0.25, -0.2) is 0 Å². The van der Waals surface area contributed by atoms with Crippen molar-refractivity contribution in [3.05, 3.63) is 59.7 Å². The predicted octanol–water partition coefficient (Wildman–Crippen LogP) is 3.33. The Morgan fingerprint density at radius 2 is 1.84 bits per heavy atom. The summed E-state index contributed by atoms with van der Waals surface area (Å²) in [6, 6.07) is 15.9. The number of hydrogen-bond acceptors (Lipinski definition) is 4. The Bertz CT molecular complexity index is 724. The lowest BCUT2D eigenvalue weighted by molar-refractivity contribution is -0.126. The number of carbonyl (C=O) groups excluding carboxylic acids is 1. The van der Waals surface area contributed by atoms with Gasteiger partial charge in [-0.05, 0) is 31.7 Å². The Morgan fingerprint density at radius 3 is 2.52 bits per heavy atom. The van der Waals surface area contributed by atoms with Gasteiger partial charge in [-0.2, -0.15) is 0 Å². The van der Waals surface area contributed by atoms with Gasteiger partial charge < -0.3 is 15.3 Å². The first kappa shape index (κ1) is 20.0. The van der Waals surface area contributed by atoms with E-state index in [-0.39, 0.29) is 28.1 Å². The summed E-state index contributed by atoms with van der Waals surface area (Å²) < 4.78 is 0. The second kappa shape index (κ2) is 8.85. The molecule has 0 bridgehead atoms. The van der Waals surface area contributed by atoms with Crippen LogP contribution in [0.25, 0.3) is 0 Å². The minimum Gasteiger partial charge on any atom is -0.382 e.